The van der Waals surface area contributed by atoms with Crippen LogP contribution in [0.2, 0.25) is 0 Å². The molecule has 1 fully saturated rings. The zero-order valence-corrected chi connectivity index (χ0v) is 15.1. The Labute approximate surface area is 162 Å². The summed E-state index contributed by atoms with van der Waals surface area (Å²) in [6.45, 7) is -0.273. The molecule has 1 aliphatic carbocycles. The Morgan fingerprint density at radius 3 is 2.52 bits per heavy atom. The third kappa shape index (κ3) is 3.67. The highest BCUT2D eigenvalue weighted by molar-refractivity contribution is 5.80. The molecule has 0 bridgehead atoms. The first kappa shape index (κ1) is 19.0. The average Bonchev–Trinajstić information content (AvgIpc) is 2.62. The molecule has 1 saturated carbocycles. The minimum Gasteiger partial charge on any atom is -0.490 e. The molecule has 2 aromatic carbocycles. The van der Waals surface area contributed by atoms with Crippen molar-refractivity contribution in [2.24, 2.45) is 11.7 Å². The van der Waals surface area contributed by atoms with Crippen LogP contribution >= 0.6 is 0 Å². The Kier molecular flexibility index (Phi) is 4.73. The van der Waals surface area contributed by atoms with Crippen LogP contribution in [-0.4, -0.2) is 21.6 Å². The van der Waals surface area contributed by atoms with E-state index in [-0.39, 0.29) is 35.4 Å². The van der Waals surface area contributed by atoms with E-state index in [0.717, 1.165) is 0 Å². The quantitative estimate of drug-likeness (QED) is 0.709. The van der Waals surface area contributed by atoms with Gasteiger partial charge in [-0.05, 0) is 31.0 Å². The number of primary amides is 1. The minimum absolute atomic E-state index is 0.175. The highest BCUT2D eigenvalue weighted by Gasteiger charge is 2.34. The van der Waals surface area contributed by atoms with E-state index in [1.807, 2.05) is 0 Å². The van der Waals surface area contributed by atoms with Crippen LogP contribution in [0.3, 0.4) is 0 Å². The second-order valence-electron chi connectivity index (χ2n) is 7.02. The highest BCUT2D eigenvalue weighted by atomic mass is 19.1. The lowest BCUT2D eigenvalue weighted by molar-refractivity contribution is -0.127. The van der Waals surface area contributed by atoms with E-state index >= 15 is 0 Å². The summed E-state index contributed by atoms with van der Waals surface area (Å²) >= 11 is 0. The lowest BCUT2D eigenvalue weighted by Crippen LogP contribution is -2.41. The van der Waals surface area contributed by atoms with E-state index in [4.69, 9.17) is 10.5 Å². The molecule has 4 rings (SSSR count). The molecule has 29 heavy (non-hydrogen) atoms. The van der Waals surface area contributed by atoms with E-state index in [2.05, 4.69) is 4.98 Å². The molecule has 3 aromatic rings. The maximum absolute atomic E-state index is 14.0. The maximum Gasteiger partial charge on any atom is 0.280 e. The first-order valence-corrected chi connectivity index (χ1v) is 8.90. The van der Waals surface area contributed by atoms with Crippen molar-refractivity contribution >= 4 is 16.8 Å². The van der Waals surface area contributed by atoms with Crippen LogP contribution < -0.4 is 16.0 Å². The first-order valence-electron chi connectivity index (χ1n) is 8.90. The lowest BCUT2D eigenvalue weighted by atomic mass is 9.82. The summed E-state index contributed by atoms with van der Waals surface area (Å²) in [6, 6.07) is 5.89. The summed E-state index contributed by atoms with van der Waals surface area (Å²) in [5.41, 5.74) is 4.76. The molecule has 9 heteroatoms. The van der Waals surface area contributed by atoms with Crippen molar-refractivity contribution in [3.8, 4) is 5.75 Å². The number of nitrogens with zero attached hydrogens (tertiary/aromatic N) is 2. The van der Waals surface area contributed by atoms with Crippen LogP contribution in [0, 0.1) is 23.4 Å². The van der Waals surface area contributed by atoms with Gasteiger partial charge < -0.3 is 15.0 Å². The SMILES string of the molecule is NC(=O)C1CC(Oc2ccc3c(c2)c(=O)ncn3Cc2c(F)cc(F)cc2F)C1. The van der Waals surface area contributed by atoms with Crippen LogP contribution in [0.25, 0.3) is 10.9 Å². The predicted octanol–water partition coefficient (Wildman–Crippen LogP) is 2.50. The number of nitrogens with two attached hydrogens (primary N) is 1. The van der Waals surface area contributed by atoms with E-state index in [1.165, 1.54) is 17.0 Å². The van der Waals surface area contributed by atoms with Crippen molar-refractivity contribution in [2.45, 2.75) is 25.5 Å². The standard InChI is InChI=1S/C20H16F3N3O3/c21-11-5-16(22)15(17(23)6-11)8-26-9-25-20(28)14-7-12(1-2-18(14)26)29-13-3-10(4-13)19(24)27/h1-2,5-7,9-10,13H,3-4,8H2,(H2,24,27). The molecule has 1 aliphatic rings. The summed E-state index contributed by atoms with van der Waals surface area (Å²) in [4.78, 5) is 27.0. The smallest absolute Gasteiger partial charge is 0.280 e. The van der Waals surface area contributed by atoms with Crippen molar-refractivity contribution in [2.75, 3.05) is 0 Å². The van der Waals surface area contributed by atoms with Crippen molar-refractivity contribution in [3.63, 3.8) is 0 Å². The molecule has 0 atom stereocenters. The van der Waals surface area contributed by atoms with Gasteiger partial charge in [0.25, 0.3) is 5.56 Å². The van der Waals surface area contributed by atoms with Gasteiger partial charge in [0.05, 0.1) is 23.8 Å². The molecule has 0 unspecified atom stereocenters. The van der Waals surface area contributed by atoms with E-state index in [0.29, 0.717) is 36.2 Å². The topological polar surface area (TPSA) is 87.2 Å². The van der Waals surface area contributed by atoms with Gasteiger partial charge in [0, 0.05) is 23.6 Å². The molecule has 0 saturated heterocycles. The number of amides is 1. The number of hydrogen-bond donors (Lipinski definition) is 1. The Balaban J connectivity index is 1.63. The normalized spacial score (nSPS) is 18.4. The highest BCUT2D eigenvalue weighted by Crippen LogP contribution is 2.32. The number of ether oxygens (including phenoxy) is 1. The largest absolute Gasteiger partial charge is 0.490 e. The summed E-state index contributed by atoms with van der Waals surface area (Å²) in [5, 5.41) is 0.207. The Morgan fingerprint density at radius 2 is 1.86 bits per heavy atom. The molecule has 0 spiro atoms. The van der Waals surface area contributed by atoms with Gasteiger partial charge in [-0.2, -0.15) is 4.98 Å². The van der Waals surface area contributed by atoms with E-state index in [1.54, 1.807) is 12.1 Å². The number of fused-ring (bicyclic) bond motifs is 1. The Morgan fingerprint density at radius 1 is 1.17 bits per heavy atom. The Hall–Kier alpha value is -3.36. The van der Waals surface area contributed by atoms with Crippen molar-refractivity contribution < 1.29 is 22.7 Å². The number of carbonyl (C=O) groups excluding carboxylic acids is 1. The fourth-order valence-electron chi connectivity index (χ4n) is 3.37. The molecule has 2 N–H and O–H groups in total. The van der Waals surface area contributed by atoms with E-state index in [9.17, 15) is 22.8 Å². The zero-order valence-electron chi connectivity index (χ0n) is 15.1. The van der Waals surface area contributed by atoms with Crippen LogP contribution in [0.5, 0.6) is 5.75 Å². The van der Waals surface area contributed by atoms with Crippen molar-refractivity contribution in [3.05, 3.63) is 70.0 Å². The van der Waals surface area contributed by atoms with Crippen LogP contribution in [0.4, 0.5) is 13.2 Å². The van der Waals surface area contributed by atoms with Gasteiger partial charge in [0.1, 0.15) is 29.3 Å². The first-order chi connectivity index (χ1) is 13.8. The number of hydrogen-bond acceptors (Lipinski definition) is 4. The fraction of sp³-hybridized carbons (Fsp3) is 0.250. The van der Waals surface area contributed by atoms with Gasteiger partial charge in [-0.1, -0.05) is 0 Å². The molecular formula is C20H16F3N3O3. The van der Waals surface area contributed by atoms with Crippen molar-refractivity contribution in [1.82, 2.24) is 9.55 Å². The predicted molar refractivity (Wildman–Crippen MR) is 97.8 cm³/mol. The number of aromatic nitrogens is 2. The molecule has 1 aromatic heterocycles. The van der Waals surface area contributed by atoms with Gasteiger partial charge >= 0.3 is 0 Å². The second kappa shape index (κ2) is 7.23. The molecule has 150 valence electrons. The molecule has 1 heterocycles. The minimum atomic E-state index is -1.02. The zero-order chi connectivity index (χ0) is 20.7. The molecule has 0 aliphatic heterocycles. The van der Waals surface area contributed by atoms with Crippen LogP contribution in [-0.2, 0) is 11.3 Å². The fourth-order valence-corrected chi connectivity index (χ4v) is 3.37. The molecule has 0 radical (unpaired) electrons. The van der Waals surface area contributed by atoms with Gasteiger partial charge in [-0.3, -0.25) is 9.59 Å². The van der Waals surface area contributed by atoms with Gasteiger partial charge in [0.15, 0.2) is 0 Å². The lowest BCUT2D eigenvalue weighted by Gasteiger charge is -2.33. The summed E-state index contributed by atoms with van der Waals surface area (Å²) in [6.07, 6.45) is 2.02. The second-order valence-corrected chi connectivity index (χ2v) is 7.02. The Bertz CT molecular complexity index is 1150. The molecular weight excluding hydrogens is 387 g/mol. The van der Waals surface area contributed by atoms with Gasteiger partial charge in [-0.15, -0.1) is 0 Å². The summed E-state index contributed by atoms with van der Waals surface area (Å²) < 4.78 is 48.3. The number of benzene rings is 2. The average molecular weight is 403 g/mol. The third-order valence-electron chi connectivity index (χ3n) is 5.06. The van der Waals surface area contributed by atoms with Gasteiger partial charge in [0.2, 0.25) is 5.91 Å². The third-order valence-corrected chi connectivity index (χ3v) is 5.06. The molecule has 6 nitrogen and oxygen atoms in total. The summed E-state index contributed by atoms with van der Waals surface area (Å²) in [5.74, 6) is -3.22. The van der Waals surface area contributed by atoms with Crippen molar-refractivity contribution in [1.29, 1.82) is 0 Å². The van der Waals surface area contributed by atoms with Gasteiger partial charge in [-0.25, -0.2) is 13.2 Å². The maximum atomic E-state index is 14.0. The number of carbonyl (C=O) groups is 1. The number of halogens is 3. The summed E-state index contributed by atoms with van der Waals surface area (Å²) in [7, 11) is 0. The van der Waals surface area contributed by atoms with Crippen LogP contribution in [0.15, 0.2) is 41.5 Å². The number of rotatable bonds is 5. The van der Waals surface area contributed by atoms with E-state index < -0.39 is 23.0 Å². The van der Waals surface area contributed by atoms with Crippen LogP contribution in [0.1, 0.15) is 18.4 Å². The molecule has 1 amide bonds. The monoisotopic (exact) mass is 403 g/mol.